The SMILES string of the molecule is O=C(CC1CCCCO1)N(CC1CCCCN1)C1CC1. The second-order valence-corrected chi connectivity index (χ2v) is 6.62. The van der Waals surface area contributed by atoms with Crippen LogP contribution >= 0.6 is 0 Å². The number of rotatable bonds is 5. The van der Waals surface area contributed by atoms with Crippen LogP contribution in [0.15, 0.2) is 0 Å². The third kappa shape index (κ3) is 3.95. The van der Waals surface area contributed by atoms with E-state index in [1.807, 2.05) is 0 Å². The van der Waals surface area contributed by atoms with Gasteiger partial charge in [0.05, 0.1) is 12.5 Å². The van der Waals surface area contributed by atoms with E-state index in [9.17, 15) is 4.79 Å². The van der Waals surface area contributed by atoms with Crippen LogP contribution < -0.4 is 5.32 Å². The fourth-order valence-electron chi connectivity index (χ4n) is 3.44. The Balaban J connectivity index is 1.51. The fourth-order valence-corrected chi connectivity index (χ4v) is 3.44. The van der Waals surface area contributed by atoms with Crippen molar-refractivity contribution in [1.82, 2.24) is 10.2 Å². The minimum atomic E-state index is 0.178. The first-order valence-corrected chi connectivity index (χ1v) is 8.47. The van der Waals surface area contributed by atoms with Crippen molar-refractivity contribution >= 4 is 5.91 Å². The maximum Gasteiger partial charge on any atom is 0.225 e. The molecule has 3 rings (SSSR count). The Morgan fingerprint density at radius 1 is 1.10 bits per heavy atom. The van der Waals surface area contributed by atoms with Crippen molar-refractivity contribution in [3.8, 4) is 0 Å². The summed E-state index contributed by atoms with van der Waals surface area (Å²) in [5.41, 5.74) is 0. The normalized spacial score (nSPS) is 31.0. The van der Waals surface area contributed by atoms with Crippen molar-refractivity contribution in [2.75, 3.05) is 19.7 Å². The molecule has 2 unspecified atom stereocenters. The van der Waals surface area contributed by atoms with E-state index < -0.39 is 0 Å². The summed E-state index contributed by atoms with van der Waals surface area (Å²) in [4.78, 5) is 14.7. The van der Waals surface area contributed by atoms with Gasteiger partial charge in [0.15, 0.2) is 0 Å². The quantitative estimate of drug-likeness (QED) is 0.838. The summed E-state index contributed by atoms with van der Waals surface area (Å²) in [7, 11) is 0. The van der Waals surface area contributed by atoms with Crippen LogP contribution in [0.3, 0.4) is 0 Å². The molecule has 0 spiro atoms. The van der Waals surface area contributed by atoms with Crippen LogP contribution in [0.5, 0.6) is 0 Å². The van der Waals surface area contributed by atoms with Crippen LogP contribution in [0.2, 0.25) is 0 Å². The lowest BCUT2D eigenvalue weighted by Crippen LogP contribution is -2.47. The molecule has 3 fully saturated rings. The first kappa shape index (κ1) is 14.3. The molecule has 2 saturated heterocycles. The van der Waals surface area contributed by atoms with E-state index in [0.717, 1.165) is 32.5 Å². The zero-order valence-electron chi connectivity index (χ0n) is 12.5. The van der Waals surface area contributed by atoms with Gasteiger partial charge >= 0.3 is 0 Å². The molecule has 2 aliphatic heterocycles. The van der Waals surface area contributed by atoms with Crippen molar-refractivity contribution in [2.45, 2.75) is 76.0 Å². The molecule has 1 amide bonds. The van der Waals surface area contributed by atoms with Gasteiger partial charge in [-0.2, -0.15) is 0 Å². The molecular formula is C16H28N2O2. The smallest absolute Gasteiger partial charge is 0.225 e. The second-order valence-electron chi connectivity index (χ2n) is 6.62. The number of amides is 1. The third-order valence-electron chi connectivity index (χ3n) is 4.81. The van der Waals surface area contributed by atoms with Crippen LogP contribution in [-0.2, 0) is 9.53 Å². The lowest BCUT2D eigenvalue weighted by molar-refractivity contribution is -0.136. The van der Waals surface area contributed by atoms with Gasteiger partial charge in [-0.15, -0.1) is 0 Å². The Bertz CT molecular complexity index is 318. The van der Waals surface area contributed by atoms with Crippen molar-refractivity contribution in [1.29, 1.82) is 0 Å². The molecule has 4 nitrogen and oxygen atoms in total. The van der Waals surface area contributed by atoms with Gasteiger partial charge in [-0.25, -0.2) is 0 Å². The summed E-state index contributed by atoms with van der Waals surface area (Å²) in [6.07, 6.45) is 10.4. The molecule has 0 aromatic heterocycles. The summed E-state index contributed by atoms with van der Waals surface area (Å²) in [6, 6.07) is 1.04. The first-order valence-electron chi connectivity index (χ1n) is 8.47. The van der Waals surface area contributed by atoms with Crippen molar-refractivity contribution < 1.29 is 9.53 Å². The topological polar surface area (TPSA) is 41.6 Å². The Morgan fingerprint density at radius 3 is 2.60 bits per heavy atom. The van der Waals surface area contributed by atoms with Gasteiger partial charge in [0.25, 0.3) is 0 Å². The Labute approximate surface area is 122 Å². The van der Waals surface area contributed by atoms with Gasteiger partial charge in [0.2, 0.25) is 5.91 Å². The standard InChI is InChI=1S/C16H28N2O2/c19-16(11-15-6-2-4-10-20-15)18(14-7-8-14)12-13-5-1-3-9-17-13/h13-15,17H,1-12H2. The predicted octanol–water partition coefficient (Wildman–Crippen LogP) is 2.08. The molecule has 1 N–H and O–H groups in total. The maximum absolute atomic E-state index is 12.6. The predicted molar refractivity (Wildman–Crippen MR) is 78.6 cm³/mol. The van der Waals surface area contributed by atoms with E-state index in [-0.39, 0.29) is 6.10 Å². The molecule has 4 heteroatoms. The average molecular weight is 280 g/mol. The van der Waals surface area contributed by atoms with E-state index in [1.165, 1.54) is 38.5 Å². The first-order chi connectivity index (χ1) is 9.83. The van der Waals surface area contributed by atoms with Crippen molar-refractivity contribution in [2.24, 2.45) is 0 Å². The number of nitrogens with zero attached hydrogens (tertiary/aromatic N) is 1. The van der Waals surface area contributed by atoms with Crippen LogP contribution in [0.25, 0.3) is 0 Å². The van der Waals surface area contributed by atoms with E-state index in [0.29, 0.717) is 24.4 Å². The fraction of sp³-hybridized carbons (Fsp3) is 0.938. The number of carbonyl (C=O) groups is 1. The molecule has 0 aromatic carbocycles. The summed E-state index contributed by atoms with van der Waals surface area (Å²) in [5.74, 6) is 0.326. The molecule has 0 bridgehead atoms. The Morgan fingerprint density at radius 2 is 1.95 bits per heavy atom. The lowest BCUT2D eigenvalue weighted by Gasteiger charge is -2.32. The number of carbonyl (C=O) groups excluding carboxylic acids is 1. The van der Waals surface area contributed by atoms with E-state index in [4.69, 9.17) is 4.74 Å². The van der Waals surface area contributed by atoms with E-state index in [1.54, 1.807) is 0 Å². The molecule has 114 valence electrons. The molecule has 0 aromatic rings. The average Bonchev–Trinajstić information content (AvgIpc) is 3.31. The molecular weight excluding hydrogens is 252 g/mol. The van der Waals surface area contributed by atoms with E-state index in [2.05, 4.69) is 10.2 Å². The van der Waals surface area contributed by atoms with Gasteiger partial charge in [-0.1, -0.05) is 6.42 Å². The van der Waals surface area contributed by atoms with Gasteiger partial charge in [0.1, 0.15) is 0 Å². The number of nitrogens with one attached hydrogen (secondary N) is 1. The number of hydrogen-bond acceptors (Lipinski definition) is 3. The molecule has 2 heterocycles. The largest absolute Gasteiger partial charge is 0.378 e. The number of ether oxygens (including phenoxy) is 1. The van der Waals surface area contributed by atoms with Crippen LogP contribution in [0.4, 0.5) is 0 Å². The molecule has 2 atom stereocenters. The van der Waals surface area contributed by atoms with Crippen LogP contribution in [0, 0.1) is 0 Å². The maximum atomic E-state index is 12.6. The molecule has 0 radical (unpaired) electrons. The van der Waals surface area contributed by atoms with E-state index >= 15 is 0 Å². The van der Waals surface area contributed by atoms with Gasteiger partial charge < -0.3 is 15.0 Å². The minimum Gasteiger partial charge on any atom is -0.378 e. The molecule has 3 aliphatic rings. The highest BCUT2D eigenvalue weighted by Gasteiger charge is 2.35. The van der Waals surface area contributed by atoms with Crippen LogP contribution in [0.1, 0.15) is 57.8 Å². The van der Waals surface area contributed by atoms with Crippen LogP contribution in [-0.4, -0.2) is 48.7 Å². The third-order valence-corrected chi connectivity index (χ3v) is 4.81. The van der Waals surface area contributed by atoms with Gasteiger partial charge in [-0.05, 0) is 51.5 Å². The second kappa shape index (κ2) is 6.90. The highest BCUT2D eigenvalue weighted by Crippen LogP contribution is 2.29. The zero-order chi connectivity index (χ0) is 13.8. The zero-order valence-corrected chi connectivity index (χ0v) is 12.5. The summed E-state index contributed by atoms with van der Waals surface area (Å²) < 4.78 is 5.73. The van der Waals surface area contributed by atoms with Gasteiger partial charge in [0, 0.05) is 25.2 Å². The van der Waals surface area contributed by atoms with Crippen molar-refractivity contribution in [3.63, 3.8) is 0 Å². The lowest BCUT2D eigenvalue weighted by atomic mass is 10.0. The summed E-state index contributed by atoms with van der Waals surface area (Å²) in [6.45, 7) is 2.87. The molecule has 20 heavy (non-hydrogen) atoms. The highest BCUT2D eigenvalue weighted by molar-refractivity contribution is 5.77. The summed E-state index contributed by atoms with van der Waals surface area (Å²) in [5, 5.41) is 3.57. The number of hydrogen-bond donors (Lipinski definition) is 1. The number of piperidine rings is 1. The van der Waals surface area contributed by atoms with Crippen molar-refractivity contribution in [3.05, 3.63) is 0 Å². The highest BCUT2D eigenvalue weighted by atomic mass is 16.5. The molecule has 1 saturated carbocycles. The monoisotopic (exact) mass is 280 g/mol. The Kier molecular flexibility index (Phi) is 4.94. The van der Waals surface area contributed by atoms with Gasteiger partial charge in [-0.3, -0.25) is 4.79 Å². The Hall–Kier alpha value is -0.610. The minimum absolute atomic E-state index is 0.178. The summed E-state index contributed by atoms with van der Waals surface area (Å²) >= 11 is 0. The molecule has 1 aliphatic carbocycles.